The predicted octanol–water partition coefficient (Wildman–Crippen LogP) is 6.65. The first-order valence-corrected chi connectivity index (χ1v) is 6.56. The van der Waals surface area contributed by atoms with E-state index >= 15 is 0 Å². The molecule has 1 aromatic rings. The molecule has 0 saturated carbocycles. The van der Waals surface area contributed by atoms with Crippen LogP contribution in [0.4, 0.5) is 0 Å². The van der Waals surface area contributed by atoms with E-state index < -0.39 is 0 Å². The van der Waals surface area contributed by atoms with Crippen molar-refractivity contribution in [2.45, 2.75) is 69.7 Å². The van der Waals surface area contributed by atoms with Crippen LogP contribution >= 0.6 is 0 Å². The first-order chi connectivity index (χ1) is 7.54. The van der Waals surface area contributed by atoms with E-state index in [9.17, 15) is 0 Å². The Bertz CT molecular complexity index is 187. The molecule has 0 atom stereocenters. The maximum atomic E-state index is 2.17. The summed E-state index contributed by atoms with van der Waals surface area (Å²) in [4.78, 5) is 0. The molecular formula is C17H36. The number of aryl methyl sites for hydroxylation is 2. The molecule has 0 aromatic heterocycles. The van der Waals surface area contributed by atoms with Crippen molar-refractivity contribution in [1.82, 2.24) is 0 Å². The van der Waals surface area contributed by atoms with Crippen molar-refractivity contribution < 1.29 is 0 Å². The van der Waals surface area contributed by atoms with Gasteiger partial charge in [0.1, 0.15) is 0 Å². The molecular weight excluding hydrogens is 204 g/mol. The monoisotopic (exact) mass is 240 g/mol. The smallest absolute Gasteiger partial charge is 0.0395 e. The van der Waals surface area contributed by atoms with Gasteiger partial charge in [-0.1, -0.05) is 80.2 Å². The van der Waals surface area contributed by atoms with Crippen molar-refractivity contribution in [2.24, 2.45) is 5.92 Å². The van der Waals surface area contributed by atoms with Crippen molar-refractivity contribution in [3.63, 3.8) is 0 Å². The van der Waals surface area contributed by atoms with Gasteiger partial charge >= 0.3 is 0 Å². The molecule has 0 fully saturated rings. The molecule has 0 radical (unpaired) electrons. The normalized spacial score (nSPS) is 7.18. The average molecular weight is 240 g/mol. The Labute approximate surface area is 111 Å². The van der Waals surface area contributed by atoms with Crippen LogP contribution in [0.2, 0.25) is 0 Å². The minimum Gasteiger partial charge on any atom is -0.0776 e. The van der Waals surface area contributed by atoms with Crippen LogP contribution in [-0.4, -0.2) is 0 Å². The third kappa shape index (κ3) is 25.5. The Kier molecular flexibility index (Phi) is 30.5. The summed E-state index contributed by atoms with van der Waals surface area (Å²) in [5, 5.41) is 0. The molecule has 0 aliphatic heterocycles. The van der Waals surface area contributed by atoms with Gasteiger partial charge in [0.15, 0.2) is 0 Å². The largest absolute Gasteiger partial charge is 0.0776 e. The summed E-state index contributed by atoms with van der Waals surface area (Å²) < 4.78 is 0. The molecule has 1 rings (SSSR count). The maximum Gasteiger partial charge on any atom is -0.0395 e. The van der Waals surface area contributed by atoms with Gasteiger partial charge in [-0.2, -0.15) is 0 Å². The third-order valence-electron chi connectivity index (χ3n) is 1.43. The van der Waals surface area contributed by atoms with Crippen LogP contribution in [0.3, 0.4) is 0 Å². The lowest BCUT2D eigenvalue weighted by molar-refractivity contribution is 0.737. The number of rotatable bonds is 0. The Morgan fingerprint density at radius 3 is 1.00 bits per heavy atom. The summed E-state index contributed by atoms with van der Waals surface area (Å²) in [7, 11) is 0. The standard InChI is InChI=1S/C8H10.C4H10.2C2H6.CH4/c1-7-5-3-4-6-8(7)2;1-4(2)3;2*1-2;/h3-6H,1-2H3;4H,1-3H3;2*1-2H3;1H4. The van der Waals surface area contributed by atoms with Crippen LogP contribution in [0, 0.1) is 19.8 Å². The number of hydrogen-bond acceptors (Lipinski definition) is 0. The molecule has 0 N–H and O–H groups in total. The van der Waals surface area contributed by atoms with Crippen LogP contribution in [0.1, 0.15) is 67.0 Å². The van der Waals surface area contributed by atoms with Crippen LogP contribution < -0.4 is 0 Å². The molecule has 17 heavy (non-hydrogen) atoms. The fourth-order valence-corrected chi connectivity index (χ4v) is 0.663. The second-order valence-electron chi connectivity index (χ2n) is 3.82. The van der Waals surface area contributed by atoms with Gasteiger partial charge in [0.2, 0.25) is 0 Å². The Morgan fingerprint density at radius 2 is 0.882 bits per heavy atom. The molecule has 0 heterocycles. The van der Waals surface area contributed by atoms with E-state index in [1.54, 1.807) is 0 Å². The van der Waals surface area contributed by atoms with E-state index in [0.717, 1.165) is 5.92 Å². The van der Waals surface area contributed by atoms with Gasteiger partial charge in [-0.05, 0) is 30.9 Å². The summed E-state index contributed by atoms with van der Waals surface area (Å²) in [5.74, 6) is 0.833. The number of benzene rings is 1. The first-order valence-electron chi connectivity index (χ1n) is 6.56. The molecule has 0 unspecified atom stereocenters. The predicted molar refractivity (Wildman–Crippen MR) is 85.9 cm³/mol. The topological polar surface area (TPSA) is 0 Å². The van der Waals surface area contributed by atoms with Crippen molar-refractivity contribution in [2.75, 3.05) is 0 Å². The minimum atomic E-state index is 0. The van der Waals surface area contributed by atoms with Gasteiger partial charge in [-0.3, -0.25) is 0 Å². The fraction of sp³-hybridized carbons (Fsp3) is 0.647. The second kappa shape index (κ2) is 20.6. The molecule has 1 aromatic carbocycles. The van der Waals surface area contributed by atoms with Gasteiger partial charge in [0.25, 0.3) is 0 Å². The molecule has 0 nitrogen and oxygen atoms in total. The van der Waals surface area contributed by atoms with E-state index in [2.05, 4.69) is 58.9 Å². The lowest BCUT2D eigenvalue weighted by atomic mass is 10.1. The molecule has 0 aliphatic rings. The van der Waals surface area contributed by atoms with Crippen molar-refractivity contribution in [3.8, 4) is 0 Å². The molecule has 0 aliphatic carbocycles. The van der Waals surface area contributed by atoms with E-state index in [4.69, 9.17) is 0 Å². The highest BCUT2D eigenvalue weighted by Gasteiger charge is 1.83. The lowest BCUT2D eigenvalue weighted by Gasteiger charge is -1.93. The zero-order valence-electron chi connectivity index (χ0n) is 12.9. The Balaban J connectivity index is -0.0000000814. The molecule has 104 valence electrons. The van der Waals surface area contributed by atoms with Crippen molar-refractivity contribution >= 4 is 0 Å². The Hall–Kier alpha value is -0.780. The quantitative estimate of drug-likeness (QED) is 0.476. The van der Waals surface area contributed by atoms with Gasteiger partial charge < -0.3 is 0 Å². The average Bonchev–Trinajstić information content (AvgIpc) is 2.27. The zero-order valence-corrected chi connectivity index (χ0v) is 12.9. The molecule has 0 spiro atoms. The zero-order chi connectivity index (χ0) is 13.6. The maximum absolute atomic E-state index is 2.17. The van der Waals surface area contributed by atoms with Crippen LogP contribution in [0.25, 0.3) is 0 Å². The molecule has 0 bridgehead atoms. The van der Waals surface area contributed by atoms with Crippen LogP contribution in [-0.2, 0) is 0 Å². The molecule has 0 amide bonds. The van der Waals surface area contributed by atoms with Gasteiger partial charge in [0, 0.05) is 0 Å². The highest BCUT2D eigenvalue weighted by molar-refractivity contribution is 5.23. The second-order valence-corrected chi connectivity index (χ2v) is 3.82. The van der Waals surface area contributed by atoms with Crippen LogP contribution in [0.15, 0.2) is 24.3 Å². The van der Waals surface area contributed by atoms with E-state index in [0.29, 0.717) is 0 Å². The summed E-state index contributed by atoms with van der Waals surface area (Å²) in [5.41, 5.74) is 2.74. The SMILES string of the molecule is C.CC.CC.CC(C)C.Cc1ccccc1C. The minimum absolute atomic E-state index is 0. The van der Waals surface area contributed by atoms with Crippen LogP contribution in [0.5, 0.6) is 0 Å². The van der Waals surface area contributed by atoms with E-state index in [-0.39, 0.29) is 7.43 Å². The lowest BCUT2D eigenvalue weighted by Crippen LogP contribution is -1.74. The number of hydrogen-bond donors (Lipinski definition) is 0. The van der Waals surface area contributed by atoms with Crippen molar-refractivity contribution in [1.29, 1.82) is 0 Å². The summed E-state index contributed by atoms with van der Waals surface area (Å²) in [6.07, 6.45) is 0. The highest BCUT2D eigenvalue weighted by atomic mass is 13.9. The molecule has 0 saturated heterocycles. The molecule has 0 heteroatoms. The van der Waals surface area contributed by atoms with Gasteiger partial charge in [0.05, 0.1) is 0 Å². The van der Waals surface area contributed by atoms with Gasteiger partial charge in [-0.15, -0.1) is 0 Å². The van der Waals surface area contributed by atoms with E-state index in [1.807, 2.05) is 27.7 Å². The fourth-order valence-electron chi connectivity index (χ4n) is 0.663. The van der Waals surface area contributed by atoms with Crippen molar-refractivity contribution in [3.05, 3.63) is 35.4 Å². The van der Waals surface area contributed by atoms with E-state index in [1.165, 1.54) is 11.1 Å². The first kappa shape index (κ1) is 25.2. The summed E-state index contributed by atoms with van der Waals surface area (Å²) >= 11 is 0. The summed E-state index contributed by atoms with van der Waals surface area (Å²) in [6, 6.07) is 8.36. The summed E-state index contributed by atoms with van der Waals surface area (Å²) in [6.45, 7) is 18.7. The highest BCUT2D eigenvalue weighted by Crippen LogP contribution is 2.02. The Morgan fingerprint density at radius 1 is 0.706 bits per heavy atom. The third-order valence-corrected chi connectivity index (χ3v) is 1.43. The van der Waals surface area contributed by atoms with Gasteiger partial charge in [-0.25, -0.2) is 0 Å².